The number of carbonyl (C=O) groups is 1. The third-order valence-corrected chi connectivity index (χ3v) is 4.20. The molecule has 1 aliphatic heterocycles. The van der Waals surface area contributed by atoms with Crippen LogP contribution in [-0.2, 0) is 0 Å². The number of alkyl halides is 3. The topological polar surface area (TPSA) is 45.2 Å². The van der Waals surface area contributed by atoms with Crippen molar-refractivity contribution in [2.24, 2.45) is 0 Å². The molecule has 0 aromatic carbocycles. The largest absolute Gasteiger partial charge is 0.456 e. The first-order valence-corrected chi connectivity index (χ1v) is 6.74. The van der Waals surface area contributed by atoms with Crippen LogP contribution < -0.4 is 10.2 Å². The van der Waals surface area contributed by atoms with Crippen LogP contribution in [0.15, 0.2) is 3.79 Å². The first kappa shape index (κ1) is 13.8. The van der Waals surface area contributed by atoms with Crippen LogP contribution in [0.5, 0.6) is 0 Å². The maximum absolute atomic E-state index is 12.3. The number of anilines is 1. The van der Waals surface area contributed by atoms with E-state index in [1.807, 2.05) is 4.90 Å². The summed E-state index contributed by atoms with van der Waals surface area (Å²) in [5.74, 6) is -1.91. The number of piperazine rings is 1. The molecule has 9 heteroatoms. The number of rotatable bonds is 2. The van der Waals surface area contributed by atoms with Gasteiger partial charge in [0.15, 0.2) is 5.13 Å². The lowest BCUT2D eigenvalue weighted by Crippen LogP contribution is -2.43. The van der Waals surface area contributed by atoms with Gasteiger partial charge in [-0.1, -0.05) is 11.3 Å². The molecule has 2 rings (SSSR count). The molecule has 0 bridgehead atoms. The van der Waals surface area contributed by atoms with E-state index in [9.17, 15) is 18.0 Å². The van der Waals surface area contributed by atoms with Crippen LogP contribution in [-0.4, -0.2) is 43.1 Å². The zero-order valence-corrected chi connectivity index (χ0v) is 11.5. The fourth-order valence-electron chi connectivity index (χ4n) is 1.56. The fraction of sp³-hybridized carbons (Fsp3) is 0.556. The normalized spacial score (nSPS) is 17.0. The Bertz CT molecular complexity index is 456. The van der Waals surface area contributed by atoms with Crippen molar-refractivity contribution in [1.82, 2.24) is 10.3 Å². The molecule has 0 spiro atoms. The van der Waals surface area contributed by atoms with Crippen molar-refractivity contribution >= 4 is 38.2 Å². The van der Waals surface area contributed by atoms with Crippen molar-refractivity contribution in [2.75, 3.05) is 31.1 Å². The summed E-state index contributed by atoms with van der Waals surface area (Å²) in [7, 11) is 0. The minimum absolute atomic E-state index is 0.123. The second-order valence-corrected chi connectivity index (χ2v) is 5.98. The van der Waals surface area contributed by atoms with E-state index in [-0.39, 0.29) is 3.79 Å². The number of nitrogens with zero attached hydrogens (tertiary/aromatic N) is 2. The molecule has 2 heterocycles. The number of thiazole rings is 1. The Morgan fingerprint density at radius 2 is 2.00 bits per heavy atom. The number of aromatic nitrogens is 1. The zero-order chi connectivity index (χ0) is 13.3. The standard InChI is InChI=1S/C9H9BrF3N3OS/c10-7-5(6(17)9(11,12)13)15-8(18-7)16-3-1-14-2-4-16/h14H,1-4H2. The van der Waals surface area contributed by atoms with Crippen molar-refractivity contribution in [3.8, 4) is 0 Å². The SMILES string of the molecule is O=C(c1nc(N2CCNCC2)sc1Br)C(F)(F)F. The molecule has 0 radical (unpaired) electrons. The molecular formula is C9H9BrF3N3OS. The van der Waals surface area contributed by atoms with Crippen molar-refractivity contribution < 1.29 is 18.0 Å². The molecule has 4 nitrogen and oxygen atoms in total. The fourth-order valence-corrected chi connectivity index (χ4v) is 3.10. The molecule has 1 aromatic rings. The van der Waals surface area contributed by atoms with Crippen LogP contribution in [0.2, 0.25) is 0 Å². The van der Waals surface area contributed by atoms with Crippen LogP contribution in [0.25, 0.3) is 0 Å². The van der Waals surface area contributed by atoms with E-state index in [1.54, 1.807) is 0 Å². The third-order valence-electron chi connectivity index (χ3n) is 2.43. The van der Waals surface area contributed by atoms with Gasteiger partial charge in [0.2, 0.25) is 0 Å². The van der Waals surface area contributed by atoms with Crippen molar-refractivity contribution in [3.05, 3.63) is 9.48 Å². The second-order valence-electron chi connectivity index (χ2n) is 3.68. The summed E-state index contributed by atoms with van der Waals surface area (Å²) < 4.78 is 37.1. The first-order chi connectivity index (χ1) is 8.39. The lowest BCUT2D eigenvalue weighted by Gasteiger charge is -2.26. The number of carbonyl (C=O) groups excluding carboxylic acids is 1. The quantitative estimate of drug-likeness (QED) is 0.835. The summed E-state index contributed by atoms with van der Waals surface area (Å²) in [6.07, 6.45) is -4.89. The maximum Gasteiger partial charge on any atom is 0.456 e. The average molecular weight is 344 g/mol. The molecule has 0 amide bonds. The monoisotopic (exact) mass is 343 g/mol. The van der Waals surface area contributed by atoms with E-state index >= 15 is 0 Å². The predicted molar refractivity (Wildman–Crippen MR) is 65.3 cm³/mol. The van der Waals surface area contributed by atoms with Gasteiger partial charge < -0.3 is 10.2 Å². The van der Waals surface area contributed by atoms with E-state index in [0.29, 0.717) is 18.2 Å². The number of hydrogen-bond acceptors (Lipinski definition) is 5. The van der Waals surface area contributed by atoms with Crippen LogP contribution in [0, 0.1) is 0 Å². The predicted octanol–water partition coefficient (Wildman–Crippen LogP) is 2.06. The maximum atomic E-state index is 12.3. The van der Waals surface area contributed by atoms with E-state index in [4.69, 9.17) is 0 Å². The minimum atomic E-state index is -4.89. The molecule has 0 aliphatic carbocycles. The summed E-state index contributed by atoms with van der Waals surface area (Å²) in [6.45, 7) is 2.83. The molecule has 1 fully saturated rings. The number of Topliss-reactive ketones (excluding diaryl/α,β-unsaturated/α-hetero) is 1. The van der Waals surface area contributed by atoms with Crippen molar-refractivity contribution in [1.29, 1.82) is 0 Å². The molecule has 1 N–H and O–H groups in total. The van der Waals surface area contributed by atoms with Crippen LogP contribution >= 0.6 is 27.3 Å². The minimum Gasteiger partial charge on any atom is -0.345 e. The lowest BCUT2D eigenvalue weighted by atomic mass is 10.3. The highest BCUT2D eigenvalue weighted by Crippen LogP contribution is 2.34. The van der Waals surface area contributed by atoms with Crippen molar-refractivity contribution in [2.45, 2.75) is 6.18 Å². The number of nitrogens with one attached hydrogen (secondary N) is 1. The van der Waals surface area contributed by atoms with Crippen LogP contribution in [0.1, 0.15) is 10.5 Å². The highest BCUT2D eigenvalue weighted by Gasteiger charge is 2.42. The highest BCUT2D eigenvalue weighted by atomic mass is 79.9. The lowest BCUT2D eigenvalue weighted by molar-refractivity contribution is -0.0888. The Morgan fingerprint density at radius 1 is 1.39 bits per heavy atom. The second kappa shape index (κ2) is 5.14. The molecule has 1 aliphatic rings. The van der Waals surface area contributed by atoms with Gasteiger partial charge >= 0.3 is 6.18 Å². The summed E-state index contributed by atoms with van der Waals surface area (Å²) >= 11 is 4.02. The molecule has 18 heavy (non-hydrogen) atoms. The van der Waals surface area contributed by atoms with E-state index in [0.717, 1.165) is 24.4 Å². The Labute approximate surface area is 113 Å². The molecule has 1 saturated heterocycles. The Hall–Kier alpha value is -0.670. The van der Waals surface area contributed by atoms with Gasteiger partial charge in [0.1, 0.15) is 9.48 Å². The van der Waals surface area contributed by atoms with E-state index < -0.39 is 17.7 Å². The Morgan fingerprint density at radius 3 is 2.56 bits per heavy atom. The van der Waals surface area contributed by atoms with Gasteiger partial charge in [-0.05, 0) is 15.9 Å². The van der Waals surface area contributed by atoms with Gasteiger partial charge in [0.05, 0.1) is 0 Å². The molecule has 0 saturated carbocycles. The van der Waals surface area contributed by atoms with Gasteiger partial charge in [-0.15, -0.1) is 0 Å². The van der Waals surface area contributed by atoms with E-state index in [2.05, 4.69) is 26.2 Å². The summed E-state index contributed by atoms with van der Waals surface area (Å²) in [5.41, 5.74) is -0.555. The first-order valence-electron chi connectivity index (χ1n) is 5.13. The number of ketones is 1. The molecule has 0 unspecified atom stereocenters. The van der Waals surface area contributed by atoms with Gasteiger partial charge in [-0.3, -0.25) is 4.79 Å². The van der Waals surface area contributed by atoms with Gasteiger partial charge in [-0.2, -0.15) is 13.2 Å². The molecule has 1 aromatic heterocycles. The number of hydrogen-bond donors (Lipinski definition) is 1. The van der Waals surface area contributed by atoms with Crippen LogP contribution in [0.4, 0.5) is 18.3 Å². The molecule has 100 valence electrons. The summed E-state index contributed by atoms with van der Waals surface area (Å²) in [6, 6.07) is 0. The van der Waals surface area contributed by atoms with Gasteiger partial charge in [0.25, 0.3) is 5.78 Å². The summed E-state index contributed by atoms with van der Waals surface area (Å²) in [4.78, 5) is 16.8. The molecular weight excluding hydrogens is 335 g/mol. The molecule has 0 atom stereocenters. The third kappa shape index (κ3) is 2.83. The summed E-state index contributed by atoms with van der Waals surface area (Å²) in [5, 5.41) is 3.57. The highest BCUT2D eigenvalue weighted by molar-refractivity contribution is 9.11. The Kier molecular flexibility index (Phi) is 3.93. The smallest absolute Gasteiger partial charge is 0.345 e. The number of halogens is 4. The average Bonchev–Trinajstić information content (AvgIpc) is 2.70. The van der Waals surface area contributed by atoms with Gasteiger partial charge in [-0.25, -0.2) is 4.98 Å². The van der Waals surface area contributed by atoms with Gasteiger partial charge in [0, 0.05) is 26.2 Å². The van der Waals surface area contributed by atoms with Crippen molar-refractivity contribution in [3.63, 3.8) is 0 Å². The Balaban J connectivity index is 2.24. The zero-order valence-electron chi connectivity index (χ0n) is 9.05. The van der Waals surface area contributed by atoms with Crippen LogP contribution in [0.3, 0.4) is 0 Å². The van der Waals surface area contributed by atoms with E-state index in [1.165, 1.54) is 0 Å².